The van der Waals surface area contributed by atoms with E-state index in [1.165, 1.54) is 45.2 Å². The van der Waals surface area contributed by atoms with Gasteiger partial charge in [-0.1, -0.05) is 26.7 Å². The van der Waals surface area contributed by atoms with Gasteiger partial charge in [-0.05, 0) is 50.7 Å². The van der Waals surface area contributed by atoms with Gasteiger partial charge in [-0.3, -0.25) is 0 Å². The molecule has 1 aliphatic rings. The molecule has 15 heavy (non-hydrogen) atoms. The number of rotatable bonds is 7. The third kappa shape index (κ3) is 3.76. The molecule has 1 fully saturated rings. The Labute approximate surface area is 95.2 Å². The van der Waals surface area contributed by atoms with Crippen LogP contribution in [0.1, 0.15) is 46.0 Å². The van der Waals surface area contributed by atoms with E-state index >= 15 is 0 Å². The molecule has 1 unspecified atom stereocenters. The summed E-state index contributed by atoms with van der Waals surface area (Å²) in [5.74, 6) is 0.824. The van der Waals surface area contributed by atoms with E-state index in [1.54, 1.807) is 0 Å². The minimum absolute atomic E-state index is 0.518. The molecule has 90 valence electrons. The van der Waals surface area contributed by atoms with E-state index < -0.39 is 0 Å². The van der Waals surface area contributed by atoms with Gasteiger partial charge in [0.1, 0.15) is 0 Å². The second-order valence-corrected chi connectivity index (χ2v) is 5.58. The Morgan fingerprint density at radius 2 is 2.07 bits per heavy atom. The zero-order chi connectivity index (χ0) is 11.3. The van der Waals surface area contributed by atoms with Crippen LogP contribution < -0.4 is 5.73 Å². The van der Waals surface area contributed by atoms with Crippen molar-refractivity contribution in [3.63, 3.8) is 0 Å². The van der Waals surface area contributed by atoms with Crippen molar-refractivity contribution in [2.24, 2.45) is 17.1 Å². The summed E-state index contributed by atoms with van der Waals surface area (Å²) >= 11 is 0. The normalized spacial score (nSPS) is 21.4. The number of hydrogen-bond acceptors (Lipinski definition) is 2. The number of nitrogens with zero attached hydrogens (tertiary/aromatic N) is 1. The average Bonchev–Trinajstić information content (AvgIpc) is 2.16. The van der Waals surface area contributed by atoms with E-state index in [0.29, 0.717) is 5.41 Å². The molecule has 0 aliphatic heterocycles. The Bertz CT molecular complexity index is 170. The topological polar surface area (TPSA) is 29.3 Å². The van der Waals surface area contributed by atoms with Crippen molar-refractivity contribution in [2.75, 3.05) is 26.7 Å². The van der Waals surface area contributed by atoms with Gasteiger partial charge >= 0.3 is 0 Å². The van der Waals surface area contributed by atoms with Crippen LogP contribution in [0.4, 0.5) is 0 Å². The Balaban J connectivity index is 2.18. The maximum absolute atomic E-state index is 5.86. The number of hydrogen-bond donors (Lipinski definition) is 1. The molecule has 0 amide bonds. The van der Waals surface area contributed by atoms with Gasteiger partial charge in [0.2, 0.25) is 0 Å². The highest BCUT2D eigenvalue weighted by atomic mass is 15.1. The van der Waals surface area contributed by atoms with E-state index in [4.69, 9.17) is 5.73 Å². The summed E-state index contributed by atoms with van der Waals surface area (Å²) in [4.78, 5) is 2.48. The fourth-order valence-corrected chi connectivity index (χ4v) is 2.41. The van der Waals surface area contributed by atoms with Gasteiger partial charge in [0, 0.05) is 6.54 Å². The molecule has 0 spiro atoms. The van der Waals surface area contributed by atoms with Crippen molar-refractivity contribution >= 4 is 0 Å². The molecule has 0 saturated heterocycles. The smallest absolute Gasteiger partial charge is 0.000387 e. The van der Waals surface area contributed by atoms with Crippen LogP contribution in [0.2, 0.25) is 0 Å². The summed E-state index contributed by atoms with van der Waals surface area (Å²) in [6, 6.07) is 0. The molecule has 0 bridgehead atoms. The Morgan fingerprint density at radius 1 is 1.40 bits per heavy atom. The van der Waals surface area contributed by atoms with Crippen molar-refractivity contribution in [2.45, 2.75) is 46.0 Å². The summed E-state index contributed by atoms with van der Waals surface area (Å²) in [6.07, 6.45) is 6.70. The molecule has 1 saturated carbocycles. The molecular formula is C13H28N2. The van der Waals surface area contributed by atoms with E-state index in [1.807, 2.05) is 0 Å². The number of nitrogens with two attached hydrogens (primary N) is 1. The molecular weight excluding hydrogens is 184 g/mol. The predicted octanol–water partition coefficient (Wildman–Crippen LogP) is 2.48. The molecule has 2 N–H and O–H groups in total. The van der Waals surface area contributed by atoms with Gasteiger partial charge < -0.3 is 10.6 Å². The first-order valence-electron chi connectivity index (χ1n) is 6.50. The maximum Gasteiger partial charge on any atom is 0.000387 e. The average molecular weight is 212 g/mol. The van der Waals surface area contributed by atoms with Gasteiger partial charge in [-0.2, -0.15) is 0 Å². The molecule has 0 aromatic carbocycles. The van der Waals surface area contributed by atoms with E-state index in [9.17, 15) is 0 Å². The second kappa shape index (κ2) is 5.86. The zero-order valence-electron chi connectivity index (χ0n) is 10.8. The highest BCUT2D eigenvalue weighted by Gasteiger charge is 2.35. The van der Waals surface area contributed by atoms with Crippen LogP contribution in [0.3, 0.4) is 0 Å². The SMILES string of the molecule is CCC(C)CN(C)CCC1(CN)CCC1. The Kier molecular flexibility index (Phi) is 5.07. The predicted molar refractivity (Wildman–Crippen MR) is 66.9 cm³/mol. The van der Waals surface area contributed by atoms with Crippen LogP contribution in [-0.4, -0.2) is 31.6 Å². The molecule has 2 nitrogen and oxygen atoms in total. The maximum atomic E-state index is 5.86. The molecule has 0 heterocycles. The molecule has 2 heteroatoms. The van der Waals surface area contributed by atoms with E-state index in [0.717, 1.165) is 12.5 Å². The third-order valence-electron chi connectivity index (χ3n) is 4.19. The van der Waals surface area contributed by atoms with Crippen LogP contribution in [0, 0.1) is 11.3 Å². The zero-order valence-corrected chi connectivity index (χ0v) is 10.8. The summed E-state index contributed by atoms with van der Waals surface area (Å²) in [7, 11) is 2.25. The lowest BCUT2D eigenvalue weighted by Gasteiger charge is -2.42. The lowest BCUT2D eigenvalue weighted by atomic mass is 9.66. The lowest BCUT2D eigenvalue weighted by molar-refractivity contribution is 0.109. The summed E-state index contributed by atoms with van der Waals surface area (Å²) in [5.41, 5.74) is 6.38. The van der Waals surface area contributed by atoms with Crippen LogP contribution in [0.15, 0.2) is 0 Å². The standard InChI is InChI=1S/C13H28N2/c1-4-12(2)10-15(3)9-8-13(11-14)6-5-7-13/h12H,4-11,14H2,1-3H3. The van der Waals surface area contributed by atoms with Crippen LogP contribution in [-0.2, 0) is 0 Å². The van der Waals surface area contributed by atoms with Crippen molar-refractivity contribution in [1.82, 2.24) is 4.90 Å². The van der Waals surface area contributed by atoms with Crippen molar-refractivity contribution in [1.29, 1.82) is 0 Å². The monoisotopic (exact) mass is 212 g/mol. The van der Waals surface area contributed by atoms with Crippen molar-refractivity contribution in [3.05, 3.63) is 0 Å². The lowest BCUT2D eigenvalue weighted by Crippen LogP contribution is -2.40. The highest BCUT2D eigenvalue weighted by Crippen LogP contribution is 2.42. The molecule has 0 aromatic heterocycles. The fourth-order valence-electron chi connectivity index (χ4n) is 2.41. The minimum atomic E-state index is 0.518. The largest absolute Gasteiger partial charge is 0.330 e. The van der Waals surface area contributed by atoms with Gasteiger partial charge in [-0.25, -0.2) is 0 Å². The summed E-state index contributed by atoms with van der Waals surface area (Å²) in [6.45, 7) is 7.95. The molecule has 1 aliphatic carbocycles. The van der Waals surface area contributed by atoms with E-state index in [-0.39, 0.29) is 0 Å². The first-order valence-corrected chi connectivity index (χ1v) is 6.50. The van der Waals surface area contributed by atoms with Crippen molar-refractivity contribution in [3.8, 4) is 0 Å². The quantitative estimate of drug-likeness (QED) is 0.702. The molecule has 1 atom stereocenters. The fraction of sp³-hybridized carbons (Fsp3) is 1.00. The highest BCUT2D eigenvalue weighted by molar-refractivity contribution is 4.89. The van der Waals surface area contributed by atoms with Crippen LogP contribution >= 0.6 is 0 Å². The summed E-state index contributed by atoms with van der Waals surface area (Å²) in [5, 5.41) is 0. The third-order valence-corrected chi connectivity index (χ3v) is 4.19. The van der Waals surface area contributed by atoms with Crippen molar-refractivity contribution < 1.29 is 0 Å². The van der Waals surface area contributed by atoms with Gasteiger partial charge in [0.15, 0.2) is 0 Å². The first-order chi connectivity index (χ1) is 7.12. The first kappa shape index (κ1) is 13.0. The Hall–Kier alpha value is -0.0800. The van der Waals surface area contributed by atoms with Gasteiger partial charge in [0.05, 0.1) is 0 Å². The molecule has 0 aromatic rings. The molecule has 1 rings (SSSR count). The van der Waals surface area contributed by atoms with Crippen LogP contribution in [0.25, 0.3) is 0 Å². The van der Waals surface area contributed by atoms with Gasteiger partial charge in [0.25, 0.3) is 0 Å². The van der Waals surface area contributed by atoms with E-state index in [2.05, 4.69) is 25.8 Å². The Morgan fingerprint density at radius 3 is 2.47 bits per heavy atom. The molecule has 0 radical (unpaired) electrons. The second-order valence-electron chi connectivity index (χ2n) is 5.58. The minimum Gasteiger partial charge on any atom is -0.330 e. The van der Waals surface area contributed by atoms with Gasteiger partial charge in [-0.15, -0.1) is 0 Å². The summed E-state index contributed by atoms with van der Waals surface area (Å²) < 4.78 is 0. The van der Waals surface area contributed by atoms with Crippen LogP contribution in [0.5, 0.6) is 0 Å².